The Balaban J connectivity index is 1.99. The first kappa shape index (κ1) is 14.5. The molecule has 1 aliphatic heterocycles. The Kier molecular flexibility index (Phi) is 5.87. The maximum atomic E-state index is 9.51. The van der Waals surface area contributed by atoms with Crippen LogP contribution in [0, 0.1) is 11.8 Å². The highest BCUT2D eigenvalue weighted by Gasteiger charge is 2.20. The Morgan fingerprint density at radius 2 is 2.32 bits per heavy atom. The molecule has 4 heteroatoms. The minimum absolute atomic E-state index is 0.269. The highest BCUT2D eigenvalue weighted by molar-refractivity contribution is 7.10. The molecule has 3 nitrogen and oxygen atoms in total. The standard InChI is InChI=1S/C15H22N2OS/c16-7-4-5-13-9-15(19-12-13)10-17-8-3-1-2-6-14(17)11-18/h9,12,14,18H,1-3,6-8,10-11,16H2. The van der Waals surface area contributed by atoms with Gasteiger partial charge in [-0.15, -0.1) is 11.3 Å². The summed E-state index contributed by atoms with van der Waals surface area (Å²) in [5.41, 5.74) is 6.44. The second-order valence-electron chi connectivity index (χ2n) is 4.96. The number of hydrogen-bond donors (Lipinski definition) is 2. The molecule has 0 aliphatic carbocycles. The van der Waals surface area contributed by atoms with Crippen molar-refractivity contribution in [2.75, 3.05) is 19.7 Å². The minimum atomic E-state index is 0.269. The van der Waals surface area contributed by atoms with E-state index in [9.17, 15) is 5.11 Å². The third kappa shape index (κ3) is 4.32. The van der Waals surface area contributed by atoms with Gasteiger partial charge < -0.3 is 10.8 Å². The van der Waals surface area contributed by atoms with Crippen molar-refractivity contribution in [3.8, 4) is 11.8 Å². The lowest BCUT2D eigenvalue weighted by atomic mass is 10.1. The molecule has 0 saturated carbocycles. The predicted octanol–water partition coefficient (Wildman–Crippen LogP) is 1.80. The zero-order valence-electron chi connectivity index (χ0n) is 11.3. The van der Waals surface area contributed by atoms with Crippen molar-refractivity contribution in [1.82, 2.24) is 4.90 Å². The summed E-state index contributed by atoms with van der Waals surface area (Å²) in [6, 6.07) is 2.47. The Morgan fingerprint density at radius 1 is 1.42 bits per heavy atom. The molecule has 2 rings (SSSR count). The maximum Gasteiger partial charge on any atom is 0.0587 e. The number of nitrogens with two attached hydrogens (primary N) is 1. The Labute approximate surface area is 119 Å². The molecule has 0 amide bonds. The van der Waals surface area contributed by atoms with Crippen LogP contribution < -0.4 is 5.73 Å². The van der Waals surface area contributed by atoms with E-state index in [0.29, 0.717) is 12.6 Å². The van der Waals surface area contributed by atoms with Crippen molar-refractivity contribution < 1.29 is 5.11 Å². The van der Waals surface area contributed by atoms with Crippen molar-refractivity contribution in [1.29, 1.82) is 0 Å². The fourth-order valence-corrected chi connectivity index (χ4v) is 3.37. The van der Waals surface area contributed by atoms with Crippen LogP contribution in [0.2, 0.25) is 0 Å². The summed E-state index contributed by atoms with van der Waals surface area (Å²) in [7, 11) is 0. The summed E-state index contributed by atoms with van der Waals surface area (Å²) in [6.07, 6.45) is 4.87. The molecular weight excluding hydrogens is 256 g/mol. The molecule has 0 spiro atoms. The molecule has 0 aromatic carbocycles. The van der Waals surface area contributed by atoms with Crippen LogP contribution in [-0.4, -0.2) is 35.7 Å². The molecule has 1 saturated heterocycles. The molecule has 1 aliphatic rings. The Hall–Kier alpha value is -0.860. The summed E-state index contributed by atoms with van der Waals surface area (Å²) in [4.78, 5) is 3.74. The van der Waals surface area contributed by atoms with Gasteiger partial charge in [0.25, 0.3) is 0 Å². The van der Waals surface area contributed by atoms with Gasteiger partial charge in [-0.1, -0.05) is 24.7 Å². The summed E-state index contributed by atoms with van der Waals surface area (Å²) >= 11 is 1.75. The van der Waals surface area contributed by atoms with Crippen LogP contribution in [0.5, 0.6) is 0 Å². The second-order valence-corrected chi connectivity index (χ2v) is 5.96. The summed E-state index contributed by atoms with van der Waals surface area (Å²) in [5, 5.41) is 11.6. The highest BCUT2D eigenvalue weighted by atomic mass is 32.1. The number of aliphatic hydroxyl groups is 1. The molecule has 1 atom stereocenters. The van der Waals surface area contributed by atoms with E-state index >= 15 is 0 Å². The summed E-state index contributed by atoms with van der Waals surface area (Å²) in [6.45, 7) is 2.70. The van der Waals surface area contributed by atoms with Gasteiger partial charge in [0.15, 0.2) is 0 Å². The molecule has 0 radical (unpaired) electrons. The zero-order chi connectivity index (χ0) is 13.5. The van der Waals surface area contributed by atoms with Gasteiger partial charge in [0.05, 0.1) is 13.2 Å². The molecule has 3 N–H and O–H groups in total. The first-order valence-electron chi connectivity index (χ1n) is 6.94. The lowest BCUT2D eigenvalue weighted by Gasteiger charge is -2.27. The first-order valence-corrected chi connectivity index (χ1v) is 7.82. The van der Waals surface area contributed by atoms with E-state index in [0.717, 1.165) is 25.1 Å². The summed E-state index contributed by atoms with van der Waals surface area (Å²) < 4.78 is 0. The van der Waals surface area contributed by atoms with Crippen molar-refractivity contribution in [2.45, 2.75) is 38.3 Å². The molecular formula is C15H22N2OS. The normalized spacial score (nSPS) is 20.6. The van der Waals surface area contributed by atoms with E-state index in [1.54, 1.807) is 11.3 Å². The molecule has 1 aromatic heterocycles. The van der Waals surface area contributed by atoms with Crippen LogP contribution >= 0.6 is 11.3 Å². The van der Waals surface area contributed by atoms with Crippen molar-refractivity contribution in [3.05, 3.63) is 21.9 Å². The van der Waals surface area contributed by atoms with Crippen LogP contribution in [-0.2, 0) is 6.54 Å². The molecule has 2 heterocycles. The largest absolute Gasteiger partial charge is 0.395 e. The van der Waals surface area contributed by atoms with Gasteiger partial charge >= 0.3 is 0 Å². The lowest BCUT2D eigenvalue weighted by Crippen LogP contribution is -2.36. The fraction of sp³-hybridized carbons (Fsp3) is 0.600. The van der Waals surface area contributed by atoms with E-state index < -0.39 is 0 Å². The number of hydrogen-bond acceptors (Lipinski definition) is 4. The van der Waals surface area contributed by atoms with E-state index in [-0.39, 0.29) is 6.61 Å². The van der Waals surface area contributed by atoms with Gasteiger partial charge in [0.2, 0.25) is 0 Å². The van der Waals surface area contributed by atoms with E-state index in [4.69, 9.17) is 5.73 Å². The molecule has 1 aromatic rings. The van der Waals surface area contributed by atoms with E-state index in [1.807, 2.05) is 0 Å². The monoisotopic (exact) mass is 278 g/mol. The van der Waals surface area contributed by atoms with Gasteiger partial charge in [-0.25, -0.2) is 0 Å². The highest BCUT2D eigenvalue weighted by Crippen LogP contribution is 2.22. The van der Waals surface area contributed by atoms with Crippen LogP contribution in [0.1, 0.15) is 36.1 Å². The topological polar surface area (TPSA) is 49.5 Å². The number of thiophene rings is 1. The lowest BCUT2D eigenvalue weighted by molar-refractivity contribution is 0.119. The number of likely N-dealkylation sites (tertiary alicyclic amines) is 1. The molecule has 1 fully saturated rings. The van der Waals surface area contributed by atoms with E-state index in [2.05, 4.69) is 28.2 Å². The third-order valence-electron chi connectivity index (χ3n) is 3.56. The van der Waals surface area contributed by atoms with Gasteiger partial charge in [-0.2, -0.15) is 0 Å². The zero-order valence-corrected chi connectivity index (χ0v) is 12.1. The average Bonchev–Trinajstić information content (AvgIpc) is 2.74. The van der Waals surface area contributed by atoms with Crippen molar-refractivity contribution in [3.63, 3.8) is 0 Å². The van der Waals surface area contributed by atoms with Gasteiger partial charge in [-0.3, -0.25) is 4.90 Å². The summed E-state index contributed by atoms with van der Waals surface area (Å²) in [5.74, 6) is 5.95. The van der Waals surface area contributed by atoms with Gasteiger partial charge in [0, 0.05) is 28.4 Å². The molecule has 104 valence electrons. The Morgan fingerprint density at radius 3 is 3.11 bits per heavy atom. The Bertz CT molecular complexity index is 446. The van der Waals surface area contributed by atoms with Crippen LogP contribution in [0.25, 0.3) is 0 Å². The quantitative estimate of drug-likeness (QED) is 0.829. The average molecular weight is 278 g/mol. The van der Waals surface area contributed by atoms with Crippen LogP contribution in [0.4, 0.5) is 0 Å². The molecule has 0 bridgehead atoms. The van der Waals surface area contributed by atoms with Crippen molar-refractivity contribution >= 4 is 11.3 Å². The number of nitrogens with zero attached hydrogens (tertiary/aromatic N) is 1. The van der Waals surface area contributed by atoms with Gasteiger partial charge in [0.1, 0.15) is 0 Å². The minimum Gasteiger partial charge on any atom is -0.395 e. The smallest absolute Gasteiger partial charge is 0.0587 e. The fourth-order valence-electron chi connectivity index (χ4n) is 2.53. The van der Waals surface area contributed by atoms with Crippen molar-refractivity contribution in [2.24, 2.45) is 5.73 Å². The van der Waals surface area contributed by atoms with Crippen LogP contribution in [0.15, 0.2) is 11.4 Å². The van der Waals surface area contributed by atoms with E-state index in [1.165, 1.54) is 24.1 Å². The predicted molar refractivity (Wildman–Crippen MR) is 80.0 cm³/mol. The second kappa shape index (κ2) is 7.66. The number of rotatable bonds is 3. The third-order valence-corrected chi connectivity index (χ3v) is 4.48. The molecule has 19 heavy (non-hydrogen) atoms. The van der Waals surface area contributed by atoms with Crippen LogP contribution in [0.3, 0.4) is 0 Å². The number of aliphatic hydroxyl groups excluding tert-OH is 1. The SMILES string of the molecule is NCC#Cc1csc(CN2CCCCCC2CO)c1. The molecule has 1 unspecified atom stereocenters. The van der Waals surface area contributed by atoms with Gasteiger partial charge in [-0.05, 0) is 25.5 Å². The first-order chi connectivity index (χ1) is 9.33. The maximum absolute atomic E-state index is 9.51.